The third-order valence-electron chi connectivity index (χ3n) is 4.29. The van der Waals surface area contributed by atoms with Crippen LogP contribution in [-0.4, -0.2) is 47.0 Å². The van der Waals surface area contributed by atoms with Gasteiger partial charge in [-0.05, 0) is 31.0 Å². The SMILES string of the molecule is CC1Oc2c(cccc2C(=O)N(CCc2ccccc2)CC(=O)O)NC1=O. The molecular formula is C20H20N2O5. The Bertz CT molecular complexity index is 866. The molecule has 0 aliphatic carbocycles. The van der Waals surface area contributed by atoms with E-state index < -0.39 is 24.5 Å². The average molecular weight is 368 g/mol. The van der Waals surface area contributed by atoms with Gasteiger partial charge in [0, 0.05) is 6.54 Å². The number of ether oxygens (including phenoxy) is 1. The van der Waals surface area contributed by atoms with E-state index in [4.69, 9.17) is 4.74 Å². The largest absolute Gasteiger partial charge is 0.480 e. The van der Waals surface area contributed by atoms with Crippen LogP contribution in [0.1, 0.15) is 22.8 Å². The number of nitrogens with one attached hydrogen (secondary N) is 1. The summed E-state index contributed by atoms with van der Waals surface area (Å²) in [7, 11) is 0. The molecule has 0 saturated heterocycles. The summed E-state index contributed by atoms with van der Waals surface area (Å²) in [6.07, 6.45) is -0.202. The van der Waals surface area contributed by atoms with Crippen molar-refractivity contribution in [3.63, 3.8) is 0 Å². The fourth-order valence-corrected chi connectivity index (χ4v) is 2.89. The Morgan fingerprint density at radius 2 is 1.89 bits per heavy atom. The lowest BCUT2D eigenvalue weighted by molar-refractivity contribution is -0.137. The molecule has 140 valence electrons. The molecule has 1 unspecified atom stereocenters. The second kappa shape index (κ2) is 7.90. The van der Waals surface area contributed by atoms with Crippen molar-refractivity contribution in [2.75, 3.05) is 18.4 Å². The molecule has 2 aromatic carbocycles. The molecule has 0 radical (unpaired) electrons. The zero-order valence-electron chi connectivity index (χ0n) is 14.8. The number of hydrogen-bond acceptors (Lipinski definition) is 4. The Morgan fingerprint density at radius 3 is 2.59 bits per heavy atom. The third kappa shape index (κ3) is 4.25. The van der Waals surface area contributed by atoms with E-state index in [2.05, 4.69) is 5.32 Å². The van der Waals surface area contributed by atoms with Crippen LogP contribution >= 0.6 is 0 Å². The van der Waals surface area contributed by atoms with Crippen LogP contribution in [0, 0.1) is 0 Å². The Balaban J connectivity index is 1.85. The Hall–Kier alpha value is -3.35. The Morgan fingerprint density at radius 1 is 1.15 bits per heavy atom. The first-order valence-electron chi connectivity index (χ1n) is 8.61. The van der Waals surface area contributed by atoms with Gasteiger partial charge >= 0.3 is 5.97 Å². The maximum atomic E-state index is 13.0. The van der Waals surface area contributed by atoms with Crippen molar-refractivity contribution in [3.8, 4) is 5.75 Å². The minimum Gasteiger partial charge on any atom is -0.480 e. The van der Waals surface area contributed by atoms with Gasteiger partial charge in [0.2, 0.25) is 0 Å². The van der Waals surface area contributed by atoms with Crippen LogP contribution in [0.25, 0.3) is 0 Å². The van der Waals surface area contributed by atoms with Crippen LogP contribution in [0.4, 0.5) is 5.69 Å². The van der Waals surface area contributed by atoms with Crippen LogP contribution in [0.15, 0.2) is 48.5 Å². The number of hydrogen-bond donors (Lipinski definition) is 2. The van der Waals surface area contributed by atoms with Crippen molar-refractivity contribution in [1.29, 1.82) is 0 Å². The summed E-state index contributed by atoms with van der Waals surface area (Å²) in [4.78, 5) is 37.3. The topological polar surface area (TPSA) is 95.9 Å². The number of para-hydroxylation sites is 1. The van der Waals surface area contributed by atoms with E-state index in [1.54, 1.807) is 25.1 Å². The summed E-state index contributed by atoms with van der Waals surface area (Å²) < 4.78 is 5.61. The summed E-state index contributed by atoms with van der Waals surface area (Å²) >= 11 is 0. The third-order valence-corrected chi connectivity index (χ3v) is 4.29. The normalized spacial score (nSPS) is 15.3. The van der Waals surface area contributed by atoms with Crippen LogP contribution in [-0.2, 0) is 16.0 Å². The van der Waals surface area contributed by atoms with Crippen molar-refractivity contribution < 1.29 is 24.2 Å². The van der Waals surface area contributed by atoms with Crippen molar-refractivity contribution in [1.82, 2.24) is 4.90 Å². The standard InChI is InChI=1S/C20H20N2O5/c1-13-19(25)21-16-9-5-8-15(18(16)27-13)20(26)22(12-17(23)24)11-10-14-6-3-2-4-7-14/h2-9,13H,10-12H2,1H3,(H,21,25)(H,23,24). The number of amides is 2. The number of nitrogens with zero attached hydrogens (tertiary/aromatic N) is 1. The number of fused-ring (bicyclic) bond motifs is 1. The van der Waals surface area contributed by atoms with Gasteiger partial charge in [-0.3, -0.25) is 14.4 Å². The zero-order valence-corrected chi connectivity index (χ0v) is 14.8. The molecule has 27 heavy (non-hydrogen) atoms. The van der Waals surface area contributed by atoms with E-state index >= 15 is 0 Å². The minimum absolute atomic E-state index is 0.230. The van der Waals surface area contributed by atoms with E-state index in [-0.39, 0.29) is 23.8 Å². The summed E-state index contributed by atoms with van der Waals surface area (Å²) in [5.74, 6) is -1.57. The highest BCUT2D eigenvalue weighted by molar-refractivity contribution is 6.04. The highest BCUT2D eigenvalue weighted by Crippen LogP contribution is 2.34. The van der Waals surface area contributed by atoms with Gasteiger partial charge in [-0.2, -0.15) is 0 Å². The molecule has 2 N–H and O–H groups in total. The molecule has 0 aromatic heterocycles. The lowest BCUT2D eigenvalue weighted by Gasteiger charge is -2.27. The number of anilines is 1. The van der Waals surface area contributed by atoms with Gasteiger partial charge in [0.15, 0.2) is 11.9 Å². The predicted octanol–water partition coefficient (Wildman–Crippen LogP) is 2.18. The average Bonchev–Trinajstić information content (AvgIpc) is 2.65. The zero-order chi connectivity index (χ0) is 19.4. The van der Waals surface area contributed by atoms with Gasteiger partial charge in [0.1, 0.15) is 6.54 Å². The predicted molar refractivity (Wildman–Crippen MR) is 98.8 cm³/mol. The van der Waals surface area contributed by atoms with E-state index in [0.29, 0.717) is 12.1 Å². The van der Waals surface area contributed by atoms with E-state index in [9.17, 15) is 19.5 Å². The number of benzene rings is 2. The molecule has 7 heteroatoms. The molecule has 0 fully saturated rings. The molecule has 2 amide bonds. The van der Waals surface area contributed by atoms with Crippen molar-refractivity contribution in [2.24, 2.45) is 0 Å². The molecule has 0 spiro atoms. The summed E-state index contributed by atoms with van der Waals surface area (Å²) in [6.45, 7) is 1.42. The maximum Gasteiger partial charge on any atom is 0.323 e. The van der Waals surface area contributed by atoms with E-state index in [1.165, 1.54) is 4.90 Å². The molecule has 7 nitrogen and oxygen atoms in total. The van der Waals surface area contributed by atoms with Gasteiger partial charge in [0.05, 0.1) is 11.3 Å². The molecule has 1 atom stereocenters. The van der Waals surface area contributed by atoms with Gasteiger partial charge in [-0.25, -0.2) is 0 Å². The minimum atomic E-state index is -1.09. The number of carboxylic acids is 1. The Kier molecular flexibility index (Phi) is 5.40. The van der Waals surface area contributed by atoms with Crippen molar-refractivity contribution in [3.05, 3.63) is 59.7 Å². The molecule has 0 bridgehead atoms. The molecule has 1 aliphatic rings. The van der Waals surface area contributed by atoms with Crippen LogP contribution in [0.5, 0.6) is 5.75 Å². The number of rotatable bonds is 6. The smallest absolute Gasteiger partial charge is 0.323 e. The maximum absolute atomic E-state index is 13.0. The summed E-state index contributed by atoms with van der Waals surface area (Å²) in [5, 5.41) is 11.9. The second-order valence-corrected chi connectivity index (χ2v) is 6.29. The molecule has 1 heterocycles. The van der Waals surface area contributed by atoms with Crippen molar-refractivity contribution in [2.45, 2.75) is 19.4 Å². The molecule has 3 rings (SSSR count). The molecule has 0 saturated carbocycles. The van der Waals surface area contributed by atoms with Gasteiger partial charge < -0.3 is 20.1 Å². The first-order valence-corrected chi connectivity index (χ1v) is 8.61. The fourth-order valence-electron chi connectivity index (χ4n) is 2.89. The molecule has 1 aliphatic heterocycles. The highest BCUT2D eigenvalue weighted by atomic mass is 16.5. The first-order chi connectivity index (χ1) is 13.0. The second-order valence-electron chi connectivity index (χ2n) is 6.29. The Labute approximate surface area is 156 Å². The monoisotopic (exact) mass is 368 g/mol. The number of carbonyl (C=O) groups is 3. The lowest BCUT2D eigenvalue weighted by Crippen LogP contribution is -2.39. The molecular weight excluding hydrogens is 348 g/mol. The number of carboxylic acid groups (broad SMARTS) is 1. The van der Waals surface area contributed by atoms with Gasteiger partial charge in [0.25, 0.3) is 11.8 Å². The summed E-state index contributed by atoms with van der Waals surface area (Å²) in [6, 6.07) is 14.4. The number of carbonyl (C=O) groups excluding carboxylic acids is 2. The van der Waals surface area contributed by atoms with E-state index in [0.717, 1.165) is 5.56 Å². The number of aliphatic carboxylic acids is 1. The van der Waals surface area contributed by atoms with Gasteiger partial charge in [-0.1, -0.05) is 36.4 Å². The van der Waals surface area contributed by atoms with Crippen LogP contribution < -0.4 is 10.1 Å². The fraction of sp³-hybridized carbons (Fsp3) is 0.250. The van der Waals surface area contributed by atoms with Gasteiger partial charge in [-0.15, -0.1) is 0 Å². The van der Waals surface area contributed by atoms with Crippen LogP contribution in [0.2, 0.25) is 0 Å². The lowest BCUT2D eigenvalue weighted by atomic mass is 10.1. The highest BCUT2D eigenvalue weighted by Gasteiger charge is 2.29. The molecule has 2 aromatic rings. The summed E-state index contributed by atoms with van der Waals surface area (Å²) in [5.41, 5.74) is 1.64. The first kappa shape index (κ1) is 18.4. The quantitative estimate of drug-likeness (QED) is 0.815. The van der Waals surface area contributed by atoms with Crippen LogP contribution in [0.3, 0.4) is 0 Å². The van der Waals surface area contributed by atoms with Crippen molar-refractivity contribution >= 4 is 23.5 Å². The van der Waals surface area contributed by atoms with E-state index in [1.807, 2.05) is 30.3 Å².